The van der Waals surface area contributed by atoms with Crippen molar-refractivity contribution in [2.45, 2.75) is 19.3 Å². The van der Waals surface area contributed by atoms with Crippen LogP contribution in [0.4, 0.5) is 11.4 Å². The first-order valence-electron chi connectivity index (χ1n) is 10.1. The average molecular weight is 432 g/mol. The van der Waals surface area contributed by atoms with Gasteiger partial charge in [-0.15, -0.1) is 0 Å². The van der Waals surface area contributed by atoms with Crippen LogP contribution in [-0.2, 0) is 21.2 Å². The number of ether oxygens (including phenoxy) is 1. The number of hydrogen-bond acceptors (Lipinski definition) is 5. The van der Waals surface area contributed by atoms with Crippen molar-refractivity contribution in [1.29, 1.82) is 0 Å². The molecule has 3 rings (SSSR count). The van der Waals surface area contributed by atoms with Crippen molar-refractivity contribution >= 4 is 27.3 Å². The zero-order chi connectivity index (χ0) is 21.6. The lowest BCUT2D eigenvalue weighted by Crippen LogP contribution is -2.41. The van der Waals surface area contributed by atoms with E-state index in [1.54, 1.807) is 24.3 Å². The molecule has 7 nitrogen and oxygen atoms in total. The third kappa shape index (κ3) is 5.44. The van der Waals surface area contributed by atoms with E-state index in [9.17, 15) is 13.2 Å². The Morgan fingerprint density at radius 3 is 2.67 bits per heavy atom. The highest BCUT2D eigenvalue weighted by Crippen LogP contribution is 2.29. The van der Waals surface area contributed by atoms with Gasteiger partial charge in [-0.1, -0.05) is 30.3 Å². The fourth-order valence-corrected chi connectivity index (χ4v) is 4.60. The molecule has 0 saturated heterocycles. The van der Waals surface area contributed by atoms with Crippen LogP contribution in [0.1, 0.15) is 18.4 Å². The van der Waals surface area contributed by atoms with Gasteiger partial charge in [0.1, 0.15) is 12.3 Å². The van der Waals surface area contributed by atoms with Crippen LogP contribution in [0.2, 0.25) is 0 Å². The van der Waals surface area contributed by atoms with E-state index in [1.165, 1.54) is 18.4 Å². The van der Waals surface area contributed by atoms with Crippen molar-refractivity contribution in [2.24, 2.45) is 0 Å². The molecular weight excluding hydrogens is 402 g/mol. The summed E-state index contributed by atoms with van der Waals surface area (Å²) in [6, 6.07) is 15.2. The van der Waals surface area contributed by atoms with Gasteiger partial charge in [0, 0.05) is 25.3 Å². The molecule has 0 bridgehead atoms. The van der Waals surface area contributed by atoms with Crippen LogP contribution in [0, 0.1) is 0 Å². The SMILES string of the molecule is COc1ccccc1N(CC(=O)NCCCN1CCCc2ccccc21)S(C)(=O)=O. The van der Waals surface area contributed by atoms with Crippen LogP contribution in [0.5, 0.6) is 5.75 Å². The second-order valence-corrected chi connectivity index (χ2v) is 9.27. The van der Waals surface area contributed by atoms with Gasteiger partial charge in [-0.2, -0.15) is 0 Å². The van der Waals surface area contributed by atoms with Gasteiger partial charge >= 0.3 is 0 Å². The normalized spacial score (nSPS) is 13.5. The predicted molar refractivity (Wildman–Crippen MR) is 120 cm³/mol. The van der Waals surface area contributed by atoms with E-state index in [4.69, 9.17) is 4.74 Å². The molecule has 1 N–H and O–H groups in total. The van der Waals surface area contributed by atoms with Crippen molar-refractivity contribution in [3.63, 3.8) is 0 Å². The Morgan fingerprint density at radius 1 is 1.17 bits per heavy atom. The molecule has 0 aromatic heterocycles. The van der Waals surface area contributed by atoms with Crippen molar-refractivity contribution in [1.82, 2.24) is 5.32 Å². The summed E-state index contributed by atoms with van der Waals surface area (Å²) in [7, 11) is -2.17. The quantitative estimate of drug-likeness (QED) is 0.617. The van der Waals surface area contributed by atoms with Crippen LogP contribution >= 0.6 is 0 Å². The number of amides is 1. The number of methoxy groups -OCH3 is 1. The zero-order valence-corrected chi connectivity index (χ0v) is 18.3. The molecule has 1 amide bonds. The molecule has 2 aromatic carbocycles. The maximum Gasteiger partial charge on any atom is 0.240 e. The number of rotatable bonds is 9. The largest absolute Gasteiger partial charge is 0.495 e. The minimum Gasteiger partial charge on any atom is -0.495 e. The highest BCUT2D eigenvalue weighted by atomic mass is 32.2. The highest BCUT2D eigenvalue weighted by molar-refractivity contribution is 7.92. The number of carbonyl (C=O) groups is 1. The smallest absolute Gasteiger partial charge is 0.240 e. The molecule has 0 spiro atoms. The summed E-state index contributed by atoms with van der Waals surface area (Å²) in [6.07, 6.45) is 4.10. The molecule has 30 heavy (non-hydrogen) atoms. The molecule has 0 unspecified atom stereocenters. The topological polar surface area (TPSA) is 79.0 Å². The van der Waals surface area contributed by atoms with Crippen LogP contribution < -0.4 is 19.3 Å². The van der Waals surface area contributed by atoms with Crippen molar-refractivity contribution in [3.05, 3.63) is 54.1 Å². The van der Waals surface area contributed by atoms with Gasteiger partial charge < -0.3 is 15.0 Å². The second kappa shape index (κ2) is 9.84. The van der Waals surface area contributed by atoms with E-state index < -0.39 is 10.0 Å². The number of fused-ring (bicyclic) bond motifs is 1. The minimum atomic E-state index is -3.64. The molecule has 0 fully saturated rings. The molecule has 1 aliphatic rings. The number of anilines is 2. The van der Waals surface area contributed by atoms with Crippen LogP contribution in [0.25, 0.3) is 0 Å². The number of nitrogens with zero attached hydrogens (tertiary/aromatic N) is 2. The van der Waals surface area contributed by atoms with E-state index in [0.717, 1.165) is 42.9 Å². The summed E-state index contributed by atoms with van der Waals surface area (Å²) in [5.41, 5.74) is 2.99. The van der Waals surface area contributed by atoms with E-state index >= 15 is 0 Å². The first-order valence-corrected chi connectivity index (χ1v) is 12.0. The summed E-state index contributed by atoms with van der Waals surface area (Å²) in [4.78, 5) is 14.8. The molecule has 0 aliphatic carbocycles. The standard InChI is InChI=1S/C22H29N3O4S/c1-29-21-13-6-5-12-20(21)25(30(2,27)28)17-22(26)23-14-8-16-24-15-7-10-18-9-3-4-11-19(18)24/h3-6,9,11-13H,7-8,10,14-17H2,1-2H3,(H,23,26). The van der Waals surface area contributed by atoms with Gasteiger partial charge in [-0.25, -0.2) is 8.42 Å². The van der Waals surface area contributed by atoms with E-state index in [2.05, 4.69) is 34.5 Å². The fraction of sp³-hybridized carbons (Fsp3) is 0.409. The predicted octanol–water partition coefficient (Wildman–Crippen LogP) is 2.42. The molecule has 0 saturated carbocycles. The highest BCUT2D eigenvalue weighted by Gasteiger charge is 2.23. The summed E-state index contributed by atoms with van der Waals surface area (Å²) in [5.74, 6) is 0.0601. The summed E-state index contributed by atoms with van der Waals surface area (Å²) in [5, 5.41) is 2.84. The fourth-order valence-electron chi connectivity index (χ4n) is 3.74. The lowest BCUT2D eigenvalue weighted by molar-refractivity contribution is -0.119. The maximum absolute atomic E-state index is 12.5. The molecule has 1 heterocycles. The second-order valence-electron chi connectivity index (χ2n) is 7.36. The molecule has 162 valence electrons. The van der Waals surface area contributed by atoms with Gasteiger partial charge in [-0.3, -0.25) is 9.10 Å². The van der Waals surface area contributed by atoms with Gasteiger partial charge in [-0.05, 0) is 43.0 Å². The van der Waals surface area contributed by atoms with Crippen molar-refractivity contribution < 1.29 is 17.9 Å². The molecule has 2 aromatic rings. The Labute approximate surface area is 178 Å². The lowest BCUT2D eigenvalue weighted by Gasteiger charge is -2.31. The molecular formula is C22H29N3O4S. The van der Waals surface area contributed by atoms with Crippen LogP contribution in [0.3, 0.4) is 0 Å². The molecule has 8 heteroatoms. The average Bonchev–Trinajstić information content (AvgIpc) is 2.74. The number of nitrogens with one attached hydrogen (secondary N) is 1. The van der Waals surface area contributed by atoms with Gasteiger partial charge in [0.15, 0.2) is 0 Å². The number of carbonyl (C=O) groups excluding carboxylic acids is 1. The summed E-state index contributed by atoms with van der Waals surface area (Å²) >= 11 is 0. The Balaban J connectivity index is 1.54. The van der Waals surface area contributed by atoms with Gasteiger partial charge in [0.05, 0.1) is 19.1 Å². The van der Waals surface area contributed by atoms with Gasteiger partial charge in [0.2, 0.25) is 15.9 Å². The van der Waals surface area contributed by atoms with Crippen LogP contribution in [-0.4, -0.2) is 53.9 Å². The van der Waals surface area contributed by atoms with Crippen molar-refractivity contribution in [3.8, 4) is 5.75 Å². The maximum atomic E-state index is 12.5. The number of benzene rings is 2. The molecule has 0 radical (unpaired) electrons. The number of hydrogen-bond donors (Lipinski definition) is 1. The monoisotopic (exact) mass is 431 g/mol. The molecule has 0 atom stereocenters. The van der Waals surface area contributed by atoms with Crippen molar-refractivity contribution in [2.75, 3.05) is 48.7 Å². The number of aryl methyl sites for hydroxylation is 1. The van der Waals surface area contributed by atoms with Crippen LogP contribution in [0.15, 0.2) is 48.5 Å². The molecule has 1 aliphatic heterocycles. The Kier molecular flexibility index (Phi) is 7.20. The lowest BCUT2D eigenvalue weighted by atomic mass is 10.0. The van der Waals surface area contributed by atoms with E-state index in [1.807, 2.05) is 0 Å². The Morgan fingerprint density at radius 2 is 1.90 bits per heavy atom. The summed E-state index contributed by atoms with van der Waals surface area (Å²) in [6.45, 7) is 2.06. The van der Waals surface area contributed by atoms with E-state index in [0.29, 0.717) is 18.0 Å². The zero-order valence-electron chi connectivity index (χ0n) is 17.5. The minimum absolute atomic E-state index is 0.286. The third-order valence-electron chi connectivity index (χ3n) is 5.17. The Bertz CT molecular complexity index is 978. The van der Waals surface area contributed by atoms with E-state index in [-0.39, 0.29) is 12.5 Å². The summed E-state index contributed by atoms with van der Waals surface area (Å²) < 4.78 is 30.9. The first kappa shape index (κ1) is 22.0. The first-order chi connectivity index (χ1) is 14.4. The number of para-hydroxylation sites is 3. The number of sulfonamides is 1. The third-order valence-corrected chi connectivity index (χ3v) is 6.30. The Hall–Kier alpha value is -2.74. The van der Waals surface area contributed by atoms with Gasteiger partial charge in [0.25, 0.3) is 0 Å².